The molecular weight excluding hydrogens is 1210 g/mol. The van der Waals surface area contributed by atoms with E-state index in [2.05, 4.69) is 340 Å². The molecule has 2 aliphatic rings. The average Bonchev–Trinajstić information content (AvgIpc) is 1.55. The summed E-state index contributed by atoms with van der Waals surface area (Å²) in [7, 11) is 0. The van der Waals surface area contributed by atoms with E-state index >= 15 is 0 Å². The largest absolute Gasteiger partial charge is 0.455 e. The minimum atomic E-state index is 0.918. The Morgan fingerprint density at radius 3 is 0.780 bits per heavy atom. The highest BCUT2D eigenvalue weighted by atomic mass is 16.3. The van der Waals surface area contributed by atoms with Gasteiger partial charge in [-0.3, -0.25) is 0 Å². The molecule has 0 amide bonds. The van der Waals surface area contributed by atoms with Gasteiger partial charge in [0.1, 0.15) is 22.3 Å². The van der Waals surface area contributed by atoms with Gasteiger partial charge in [-0.1, -0.05) is 340 Å². The van der Waals surface area contributed by atoms with Gasteiger partial charge in [0.25, 0.3) is 0 Å². The zero-order valence-electron chi connectivity index (χ0n) is 54.5. The van der Waals surface area contributed by atoms with E-state index in [-0.39, 0.29) is 0 Å². The van der Waals surface area contributed by atoms with Crippen molar-refractivity contribution in [1.29, 1.82) is 0 Å². The molecule has 2 aromatic heterocycles. The molecule has 464 valence electrons. The Bertz CT molecular complexity index is 6430. The molecule has 0 spiro atoms. The van der Waals surface area contributed by atoms with Crippen LogP contribution in [0, 0.1) is 0 Å². The summed E-state index contributed by atoms with van der Waals surface area (Å²) in [6.45, 7) is 0. The van der Waals surface area contributed by atoms with E-state index in [1.807, 2.05) is 24.3 Å². The maximum atomic E-state index is 6.40. The predicted octanol–water partition coefficient (Wildman–Crippen LogP) is 27.8. The van der Waals surface area contributed by atoms with Crippen molar-refractivity contribution in [3.05, 3.63) is 364 Å². The van der Waals surface area contributed by atoms with Gasteiger partial charge >= 0.3 is 0 Å². The maximum absolute atomic E-state index is 6.40. The fourth-order valence-corrected chi connectivity index (χ4v) is 16.4. The fraction of sp³-hybridized carbons (Fsp3) is 0. The Kier molecular flexibility index (Phi) is 13.3. The van der Waals surface area contributed by atoms with Crippen LogP contribution in [0.1, 0.15) is 0 Å². The van der Waals surface area contributed by atoms with Crippen LogP contribution in [0.15, 0.2) is 373 Å². The van der Waals surface area contributed by atoms with Crippen molar-refractivity contribution in [1.82, 2.24) is 0 Å². The molecule has 0 bridgehead atoms. The number of hydrogen-bond acceptors (Lipinski definition) is 2. The first-order chi connectivity index (χ1) is 49.6. The lowest BCUT2D eigenvalue weighted by molar-refractivity contribution is 0.669. The number of benzene rings is 17. The second-order valence-corrected chi connectivity index (χ2v) is 26.4. The molecule has 21 rings (SSSR count). The Morgan fingerprint density at radius 1 is 0.150 bits per heavy atom. The van der Waals surface area contributed by atoms with Crippen molar-refractivity contribution < 1.29 is 8.83 Å². The van der Waals surface area contributed by atoms with Gasteiger partial charge in [-0.25, -0.2) is 0 Å². The Labute approximate surface area is 579 Å². The van der Waals surface area contributed by atoms with Crippen LogP contribution < -0.4 is 0 Å². The first-order valence-electron chi connectivity index (χ1n) is 34.4. The van der Waals surface area contributed by atoms with Crippen molar-refractivity contribution in [2.24, 2.45) is 0 Å². The molecule has 0 atom stereocenters. The maximum Gasteiger partial charge on any atom is 0.143 e. The lowest BCUT2D eigenvalue weighted by Crippen LogP contribution is -1.94. The van der Waals surface area contributed by atoms with Crippen LogP contribution in [0.3, 0.4) is 0 Å². The summed E-state index contributed by atoms with van der Waals surface area (Å²) in [6.07, 6.45) is 0. The van der Waals surface area contributed by atoms with E-state index in [4.69, 9.17) is 8.83 Å². The average molecular weight is 1270 g/mol. The molecule has 2 aliphatic carbocycles. The van der Waals surface area contributed by atoms with E-state index in [1.165, 1.54) is 144 Å². The van der Waals surface area contributed by atoms with Crippen molar-refractivity contribution in [3.8, 4) is 145 Å². The molecule has 0 fully saturated rings. The summed E-state index contributed by atoms with van der Waals surface area (Å²) in [5, 5.41) is 9.83. The molecule has 19 aromatic rings. The molecule has 0 aliphatic heterocycles. The van der Waals surface area contributed by atoms with Gasteiger partial charge in [0, 0.05) is 32.7 Å². The third-order valence-electron chi connectivity index (χ3n) is 20.9. The normalized spacial score (nSPS) is 11.8. The number of hydrogen-bond donors (Lipinski definition) is 0. The summed E-state index contributed by atoms with van der Waals surface area (Å²) in [5.74, 6) is 0. The summed E-state index contributed by atoms with van der Waals surface area (Å²) >= 11 is 0. The van der Waals surface area contributed by atoms with Gasteiger partial charge in [-0.15, -0.1) is 0 Å². The van der Waals surface area contributed by atoms with E-state index in [0.29, 0.717) is 0 Å². The van der Waals surface area contributed by atoms with E-state index in [9.17, 15) is 0 Å². The number of fused-ring (bicyclic) bond motifs is 12. The molecule has 0 saturated heterocycles. The van der Waals surface area contributed by atoms with Gasteiger partial charge in [0.05, 0.1) is 0 Å². The topological polar surface area (TPSA) is 26.3 Å². The lowest BCUT2D eigenvalue weighted by atomic mass is 9.82. The zero-order valence-corrected chi connectivity index (χ0v) is 54.5. The summed E-state index contributed by atoms with van der Waals surface area (Å²) in [6, 6.07) is 132. The van der Waals surface area contributed by atoms with Crippen LogP contribution in [0.25, 0.3) is 210 Å². The number of para-hydroxylation sites is 4. The van der Waals surface area contributed by atoms with Crippen LogP contribution in [0.5, 0.6) is 0 Å². The predicted molar refractivity (Wildman–Crippen MR) is 420 cm³/mol. The molecule has 0 unspecified atom stereocenters. The number of furan rings is 2. The second kappa shape index (κ2) is 23.3. The van der Waals surface area contributed by atoms with Crippen molar-refractivity contribution >= 4 is 65.4 Å². The van der Waals surface area contributed by atoms with Gasteiger partial charge in [0.15, 0.2) is 0 Å². The molecule has 2 heterocycles. The first-order valence-corrected chi connectivity index (χ1v) is 34.4. The molecule has 0 radical (unpaired) electrons. The third kappa shape index (κ3) is 9.19. The van der Waals surface area contributed by atoms with Crippen LogP contribution in [0.2, 0.25) is 0 Å². The highest BCUT2D eigenvalue weighted by Gasteiger charge is 2.32. The molecule has 0 N–H and O–H groups in total. The van der Waals surface area contributed by atoms with Gasteiger partial charge in [0.2, 0.25) is 0 Å². The molecular formula is C98H60O2. The molecule has 2 nitrogen and oxygen atoms in total. The lowest BCUT2D eigenvalue weighted by Gasteiger charge is -2.21. The van der Waals surface area contributed by atoms with Crippen LogP contribution in [-0.4, -0.2) is 0 Å². The van der Waals surface area contributed by atoms with Crippen molar-refractivity contribution in [3.63, 3.8) is 0 Å². The molecule has 2 heteroatoms. The fourth-order valence-electron chi connectivity index (χ4n) is 16.4. The molecule has 100 heavy (non-hydrogen) atoms. The second-order valence-electron chi connectivity index (χ2n) is 26.4. The molecule has 0 saturated carbocycles. The van der Waals surface area contributed by atoms with Crippen molar-refractivity contribution in [2.75, 3.05) is 0 Å². The van der Waals surface area contributed by atoms with Gasteiger partial charge in [-0.2, -0.15) is 0 Å². The monoisotopic (exact) mass is 1270 g/mol. The van der Waals surface area contributed by atoms with E-state index < -0.39 is 0 Å². The molecule has 17 aromatic carbocycles. The van der Waals surface area contributed by atoms with Crippen LogP contribution in [-0.2, 0) is 0 Å². The summed E-state index contributed by atoms with van der Waals surface area (Å²) in [5.41, 5.74) is 35.9. The zero-order chi connectivity index (χ0) is 65.8. The summed E-state index contributed by atoms with van der Waals surface area (Å²) in [4.78, 5) is 0. The van der Waals surface area contributed by atoms with Crippen LogP contribution in [0.4, 0.5) is 0 Å². The Hall–Kier alpha value is -13.1. The van der Waals surface area contributed by atoms with E-state index in [0.717, 1.165) is 66.1 Å². The van der Waals surface area contributed by atoms with Crippen LogP contribution >= 0.6 is 0 Å². The highest BCUT2D eigenvalue weighted by molar-refractivity contribution is 6.25. The minimum Gasteiger partial charge on any atom is -0.455 e. The van der Waals surface area contributed by atoms with Gasteiger partial charge in [-0.05, 0) is 179 Å². The Morgan fingerprint density at radius 2 is 0.410 bits per heavy atom. The number of rotatable bonds is 9. The standard InChI is InChI=1S/C52H32O.C46H28O/c1-3-12-35(13-4-1)46-32-45(49(39-14-5-2-6-15-39)51-44-22-10-17-38-16-9-21-43(48(38)44)50(46)51)37-30-26-34(27-31-37)33-24-28-36(29-25-33)40-19-11-20-42-41-18-7-8-23-47(41)53-52(40)42;1-3-12-29(13-4-1)40-28-39(31-26-24-30(25-27-31)34-19-11-20-36-35-18-7-8-23-41(35)47-46(34)36)43(33-14-5-2-6-15-33)45-38-22-10-17-32-16-9-21-37(42(32)38)44(40)45/h1-32H;1-28H. The smallest absolute Gasteiger partial charge is 0.143 e. The van der Waals surface area contributed by atoms with E-state index in [1.54, 1.807) is 0 Å². The minimum absolute atomic E-state index is 0.918. The summed E-state index contributed by atoms with van der Waals surface area (Å²) < 4.78 is 12.8. The Balaban J connectivity index is 0.000000136. The highest BCUT2D eigenvalue weighted by Crippen LogP contribution is 2.59. The van der Waals surface area contributed by atoms with Gasteiger partial charge < -0.3 is 8.83 Å². The SMILES string of the molecule is c1ccc(-c2cc(-c3ccc(-c4ccc(-c5cccc6c5oc5ccccc56)cc4)cc3)c(-c3ccccc3)c3c2-c2cccc4cccc-3c24)cc1.c1ccc(-c2cc(-c3ccc(-c4cccc5c4oc4ccccc45)cc3)c(-c3ccccc3)c3c2-c2cccc4cccc-3c24)cc1. The first kappa shape index (κ1) is 57.1. The van der Waals surface area contributed by atoms with Crippen molar-refractivity contribution in [2.45, 2.75) is 0 Å². The third-order valence-corrected chi connectivity index (χ3v) is 20.9. The quantitative estimate of drug-likeness (QED) is 0.144.